The van der Waals surface area contributed by atoms with Gasteiger partial charge >= 0.3 is 0 Å². The van der Waals surface area contributed by atoms with Gasteiger partial charge < -0.3 is 5.11 Å². The van der Waals surface area contributed by atoms with Crippen molar-refractivity contribution in [1.29, 1.82) is 0 Å². The molecule has 0 aliphatic heterocycles. The van der Waals surface area contributed by atoms with Gasteiger partial charge in [-0.2, -0.15) is 0 Å². The van der Waals surface area contributed by atoms with Crippen molar-refractivity contribution >= 4 is 13.6 Å². The van der Waals surface area contributed by atoms with Crippen LogP contribution in [0.4, 0.5) is 0 Å². The van der Waals surface area contributed by atoms with Crippen LogP contribution in [-0.2, 0) is 6.42 Å². The zero-order valence-corrected chi connectivity index (χ0v) is 16.5. The lowest BCUT2D eigenvalue weighted by atomic mass is 9.68. The highest BCUT2D eigenvalue weighted by Gasteiger charge is 2.42. The maximum Gasteiger partial charge on any atom is 0.0759 e. The Balaban J connectivity index is 1.89. The zero-order chi connectivity index (χ0) is 17.1. The number of aliphatic hydroxyl groups excluding tert-OH is 1. The molecule has 1 N–H and O–H groups in total. The molecule has 4 rings (SSSR count). The highest BCUT2D eigenvalue weighted by atomic mass is 28.3. The second-order valence-electron chi connectivity index (χ2n) is 9.31. The van der Waals surface area contributed by atoms with Crippen molar-refractivity contribution in [2.75, 3.05) is 0 Å². The van der Waals surface area contributed by atoms with Crippen LogP contribution in [0, 0.1) is 11.8 Å². The summed E-state index contributed by atoms with van der Waals surface area (Å²) in [4.78, 5) is 0. The number of aliphatic hydroxyl groups is 1. The van der Waals surface area contributed by atoms with Gasteiger partial charge in [0.2, 0.25) is 0 Å². The van der Waals surface area contributed by atoms with Gasteiger partial charge in [-0.25, -0.2) is 0 Å². The third-order valence-corrected chi connectivity index (χ3v) is 7.56. The SMILES string of the molecule is CC1C[C@H]2C[C@@H](O)C(C[Si](C)(C)C)=C2C2=C1c1ccccc1CC2. The molecule has 0 heterocycles. The summed E-state index contributed by atoms with van der Waals surface area (Å²) < 4.78 is 0. The molecule has 3 aliphatic rings. The predicted octanol–water partition coefficient (Wildman–Crippen LogP) is 5.44. The Morgan fingerprint density at radius 3 is 2.54 bits per heavy atom. The first kappa shape index (κ1) is 16.4. The van der Waals surface area contributed by atoms with Crippen molar-refractivity contribution in [3.8, 4) is 0 Å². The molecule has 0 aromatic heterocycles. The molecular formula is C22H30OSi. The van der Waals surface area contributed by atoms with Crippen LogP contribution < -0.4 is 0 Å². The summed E-state index contributed by atoms with van der Waals surface area (Å²) >= 11 is 0. The van der Waals surface area contributed by atoms with E-state index >= 15 is 0 Å². The summed E-state index contributed by atoms with van der Waals surface area (Å²) in [5.74, 6) is 1.22. The van der Waals surface area contributed by atoms with E-state index in [4.69, 9.17) is 0 Å². The molecule has 0 spiro atoms. The number of benzene rings is 1. The second-order valence-corrected chi connectivity index (χ2v) is 14.8. The van der Waals surface area contributed by atoms with Crippen LogP contribution in [0.2, 0.25) is 25.7 Å². The molecule has 128 valence electrons. The van der Waals surface area contributed by atoms with E-state index in [1.54, 1.807) is 16.7 Å². The zero-order valence-electron chi connectivity index (χ0n) is 15.5. The third kappa shape index (κ3) is 2.64. The number of aryl methyl sites for hydroxylation is 1. The smallest absolute Gasteiger partial charge is 0.0759 e. The largest absolute Gasteiger partial charge is 0.389 e. The van der Waals surface area contributed by atoms with Gasteiger partial charge in [0.15, 0.2) is 0 Å². The fraction of sp³-hybridized carbons (Fsp3) is 0.545. The van der Waals surface area contributed by atoms with Gasteiger partial charge in [0.25, 0.3) is 0 Å². The van der Waals surface area contributed by atoms with Crippen molar-refractivity contribution in [1.82, 2.24) is 0 Å². The molecule has 0 radical (unpaired) electrons. The molecule has 1 aromatic rings. The van der Waals surface area contributed by atoms with Crippen LogP contribution in [0.5, 0.6) is 0 Å². The van der Waals surface area contributed by atoms with Crippen LogP contribution in [0.15, 0.2) is 41.0 Å². The summed E-state index contributed by atoms with van der Waals surface area (Å²) in [5.41, 5.74) is 9.23. The minimum absolute atomic E-state index is 0.187. The maximum atomic E-state index is 10.8. The van der Waals surface area contributed by atoms with Gasteiger partial charge in [0.1, 0.15) is 0 Å². The van der Waals surface area contributed by atoms with Crippen molar-refractivity contribution in [2.45, 2.75) is 64.4 Å². The molecule has 2 heteroatoms. The van der Waals surface area contributed by atoms with E-state index in [0.717, 1.165) is 18.9 Å². The molecule has 1 nitrogen and oxygen atoms in total. The molecule has 0 bridgehead atoms. The molecule has 1 unspecified atom stereocenters. The van der Waals surface area contributed by atoms with Gasteiger partial charge in [0.05, 0.1) is 6.10 Å². The van der Waals surface area contributed by atoms with E-state index in [1.807, 2.05) is 0 Å². The maximum absolute atomic E-state index is 10.8. The fourth-order valence-electron chi connectivity index (χ4n) is 5.36. The lowest BCUT2D eigenvalue weighted by Crippen LogP contribution is -2.24. The predicted molar refractivity (Wildman–Crippen MR) is 105 cm³/mol. The molecule has 1 aromatic carbocycles. The lowest BCUT2D eigenvalue weighted by molar-refractivity contribution is 0.196. The summed E-state index contributed by atoms with van der Waals surface area (Å²) in [6.45, 7) is 9.68. The number of allylic oxidation sites excluding steroid dienone is 3. The second kappa shape index (κ2) is 5.71. The van der Waals surface area contributed by atoms with E-state index in [1.165, 1.54) is 29.5 Å². The molecule has 0 amide bonds. The highest BCUT2D eigenvalue weighted by Crippen LogP contribution is 2.54. The monoisotopic (exact) mass is 338 g/mol. The van der Waals surface area contributed by atoms with Crippen molar-refractivity contribution < 1.29 is 5.11 Å². The summed E-state index contributed by atoms with van der Waals surface area (Å²) in [6.07, 6.45) is 4.33. The Kier molecular flexibility index (Phi) is 3.89. The summed E-state index contributed by atoms with van der Waals surface area (Å²) in [5, 5.41) is 10.8. The average Bonchev–Trinajstić information content (AvgIpc) is 2.80. The highest BCUT2D eigenvalue weighted by molar-refractivity contribution is 6.76. The van der Waals surface area contributed by atoms with Gasteiger partial charge in [-0.3, -0.25) is 0 Å². The average molecular weight is 339 g/mol. The summed E-state index contributed by atoms with van der Waals surface area (Å²) in [6, 6.07) is 10.2. The first-order valence-corrected chi connectivity index (χ1v) is 13.3. The van der Waals surface area contributed by atoms with E-state index in [0.29, 0.717) is 11.8 Å². The molecule has 3 atom stereocenters. The van der Waals surface area contributed by atoms with Crippen LogP contribution in [0.3, 0.4) is 0 Å². The molecular weight excluding hydrogens is 308 g/mol. The Morgan fingerprint density at radius 2 is 1.79 bits per heavy atom. The van der Waals surface area contributed by atoms with E-state index < -0.39 is 8.07 Å². The topological polar surface area (TPSA) is 20.2 Å². The van der Waals surface area contributed by atoms with Gasteiger partial charge in [0, 0.05) is 8.07 Å². The number of rotatable bonds is 2. The first-order valence-electron chi connectivity index (χ1n) is 9.58. The Bertz CT molecular complexity index is 735. The normalized spacial score (nSPS) is 29.5. The van der Waals surface area contributed by atoms with Gasteiger partial charge in [-0.1, -0.05) is 50.8 Å². The first-order chi connectivity index (χ1) is 11.3. The molecule has 24 heavy (non-hydrogen) atoms. The summed E-state index contributed by atoms with van der Waals surface area (Å²) in [7, 11) is -1.23. The van der Waals surface area contributed by atoms with Crippen LogP contribution in [-0.4, -0.2) is 19.3 Å². The van der Waals surface area contributed by atoms with Gasteiger partial charge in [-0.05, 0) is 77.0 Å². The minimum Gasteiger partial charge on any atom is -0.389 e. The molecule has 0 saturated heterocycles. The van der Waals surface area contributed by atoms with E-state index in [2.05, 4.69) is 50.8 Å². The Morgan fingerprint density at radius 1 is 1.04 bits per heavy atom. The van der Waals surface area contributed by atoms with Crippen LogP contribution in [0.25, 0.3) is 5.57 Å². The third-order valence-electron chi connectivity index (χ3n) is 6.12. The van der Waals surface area contributed by atoms with Crippen LogP contribution in [0.1, 0.15) is 37.3 Å². The standard InChI is InChI=1S/C22H30OSi/c1-14-11-16-12-20(23)19(13-24(2,3)4)22(16)18-10-9-15-7-5-6-8-17(15)21(14)18/h5-8,14,16,20,23H,9-13H2,1-4H3/t14?,16-,20+/m0/s1. The quantitative estimate of drug-likeness (QED) is 0.712. The van der Waals surface area contributed by atoms with Gasteiger partial charge in [-0.15, -0.1) is 0 Å². The fourth-order valence-corrected chi connectivity index (χ4v) is 6.92. The Hall–Kier alpha value is -1.12. The number of hydrogen-bond donors (Lipinski definition) is 1. The van der Waals surface area contributed by atoms with Crippen molar-refractivity contribution in [3.63, 3.8) is 0 Å². The van der Waals surface area contributed by atoms with Crippen molar-refractivity contribution in [3.05, 3.63) is 52.1 Å². The Labute approximate surface area is 147 Å². The molecule has 0 fully saturated rings. The number of hydrogen-bond acceptors (Lipinski definition) is 1. The van der Waals surface area contributed by atoms with Crippen LogP contribution >= 0.6 is 0 Å². The van der Waals surface area contributed by atoms with E-state index in [9.17, 15) is 5.11 Å². The minimum atomic E-state index is -1.23. The van der Waals surface area contributed by atoms with E-state index in [-0.39, 0.29) is 6.10 Å². The van der Waals surface area contributed by atoms with Crippen molar-refractivity contribution in [2.24, 2.45) is 11.8 Å². The molecule has 3 aliphatic carbocycles. The lowest BCUT2D eigenvalue weighted by Gasteiger charge is -2.37. The molecule has 0 saturated carbocycles. The number of fused-ring (bicyclic) bond motifs is 4.